The van der Waals surface area contributed by atoms with Gasteiger partial charge in [-0.05, 0) is 80.2 Å². The molecule has 0 radical (unpaired) electrons. The van der Waals surface area contributed by atoms with Crippen LogP contribution in [-0.4, -0.2) is 18.5 Å². The minimum absolute atomic E-state index is 0.117. The van der Waals surface area contributed by atoms with Crippen LogP contribution in [0.15, 0.2) is 12.1 Å². The Labute approximate surface area is 169 Å². The van der Waals surface area contributed by atoms with E-state index in [4.69, 9.17) is 27.9 Å². The van der Waals surface area contributed by atoms with Gasteiger partial charge in [0, 0.05) is 0 Å². The Morgan fingerprint density at radius 1 is 1.11 bits per heavy atom. The molecule has 0 spiro atoms. The molecule has 6 heteroatoms. The van der Waals surface area contributed by atoms with E-state index >= 15 is 0 Å². The zero-order valence-electron chi connectivity index (χ0n) is 15.5. The number of amides is 1. The van der Waals surface area contributed by atoms with Crippen LogP contribution >= 0.6 is 23.2 Å². The lowest BCUT2D eigenvalue weighted by molar-refractivity contribution is -0.154. The van der Waals surface area contributed by atoms with E-state index < -0.39 is 5.91 Å². The summed E-state index contributed by atoms with van der Waals surface area (Å²) < 4.78 is 5.29. The van der Waals surface area contributed by atoms with Crippen LogP contribution in [-0.2, 0) is 14.3 Å². The van der Waals surface area contributed by atoms with E-state index in [1.54, 1.807) is 12.1 Å². The summed E-state index contributed by atoms with van der Waals surface area (Å²) in [5.41, 5.74) is 1.29. The second-order valence-electron chi connectivity index (χ2n) is 8.86. The first-order chi connectivity index (χ1) is 12.8. The first-order valence-corrected chi connectivity index (χ1v) is 10.5. The van der Waals surface area contributed by atoms with Crippen molar-refractivity contribution in [1.29, 1.82) is 0 Å². The monoisotopic (exact) mass is 409 g/mol. The Bertz CT molecular complexity index is 742. The van der Waals surface area contributed by atoms with Gasteiger partial charge in [-0.2, -0.15) is 0 Å². The second kappa shape index (κ2) is 7.29. The van der Waals surface area contributed by atoms with E-state index in [0.29, 0.717) is 22.2 Å². The molecule has 1 aromatic rings. The lowest BCUT2D eigenvalue weighted by atomic mass is 9.49. The minimum atomic E-state index is -0.428. The molecule has 4 bridgehead atoms. The molecule has 146 valence electrons. The molecule has 1 amide bonds. The number of nitrogens with one attached hydrogen (secondary N) is 1. The highest BCUT2D eigenvalue weighted by Gasteiger charge is 2.51. The molecular weight excluding hydrogens is 385 g/mol. The summed E-state index contributed by atoms with van der Waals surface area (Å²) in [6.07, 6.45) is 7.91. The summed E-state index contributed by atoms with van der Waals surface area (Å²) in [5, 5.41) is 3.41. The molecule has 0 unspecified atom stereocenters. The van der Waals surface area contributed by atoms with Crippen molar-refractivity contribution in [2.45, 2.75) is 51.9 Å². The number of anilines is 1. The zero-order valence-corrected chi connectivity index (χ0v) is 17.0. The number of hydrogen-bond acceptors (Lipinski definition) is 3. The van der Waals surface area contributed by atoms with E-state index in [2.05, 4.69) is 5.32 Å². The van der Waals surface area contributed by atoms with Gasteiger partial charge in [-0.1, -0.05) is 29.3 Å². The third-order valence-corrected chi connectivity index (χ3v) is 7.40. The van der Waals surface area contributed by atoms with Gasteiger partial charge >= 0.3 is 5.97 Å². The van der Waals surface area contributed by atoms with Crippen molar-refractivity contribution in [1.82, 2.24) is 0 Å². The maximum Gasteiger partial charge on any atom is 0.306 e. The highest BCUT2D eigenvalue weighted by Crippen LogP contribution is 2.61. The van der Waals surface area contributed by atoms with Gasteiger partial charge in [0.2, 0.25) is 0 Å². The topological polar surface area (TPSA) is 55.4 Å². The van der Waals surface area contributed by atoms with Crippen LogP contribution in [0.2, 0.25) is 10.0 Å². The van der Waals surface area contributed by atoms with Crippen LogP contribution < -0.4 is 5.32 Å². The molecule has 5 rings (SSSR count). The molecule has 4 saturated carbocycles. The van der Waals surface area contributed by atoms with Crippen molar-refractivity contribution in [2.75, 3.05) is 11.9 Å². The van der Waals surface area contributed by atoms with Gasteiger partial charge in [0.25, 0.3) is 5.91 Å². The number of halogens is 2. The lowest BCUT2D eigenvalue weighted by Crippen LogP contribution is -2.47. The number of benzene rings is 1. The van der Waals surface area contributed by atoms with Crippen molar-refractivity contribution in [3.05, 3.63) is 27.7 Å². The van der Waals surface area contributed by atoms with Crippen molar-refractivity contribution in [2.24, 2.45) is 23.2 Å². The van der Waals surface area contributed by atoms with E-state index in [-0.39, 0.29) is 18.0 Å². The molecule has 4 aliphatic rings. The number of carbonyl (C=O) groups is 2. The summed E-state index contributed by atoms with van der Waals surface area (Å²) in [4.78, 5) is 24.6. The van der Waals surface area contributed by atoms with Gasteiger partial charge in [-0.15, -0.1) is 0 Å². The third kappa shape index (κ3) is 3.97. The fraction of sp³-hybridized carbons (Fsp3) is 0.619. The van der Waals surface area contributed by atoms with Gasteiger partial charge in [0.05, 0.1) is 22.2 Å². The summed E-state index contributed by atoms with van der Waals surface area (Å²) in [6, 6.07) is 3.46. The van der Waals surface area contributed by atoms with Gasteiger partial charge in [0.1, 0.15) is 0 Å². The summed E-state index contributed by atoms with van der Waals surface area (Å²) in [5.74, 6) is 1.67. The van der Waals surface area contributed by atoms with Crippen LogP contribution in [0.1, 0.15) is 50.5 Å². The molecule has 0 aliphatic heterocycles. The number of ether oxygens (including phenoxy) is 1. The minimum Gasteiger partial charge on any atom is -0.456 e. The van der Waals surface area contributed by atoms with Crippen LogP contribution in [0.4, 0.5) is 5.69 Å². The summed E-state index contributed by atoms with van der Waals surface area (Å²) >= 11 is 12.3. The summed E-state index contributed by atoms with van der Waals surface area (Å²) in [7, 11) is 0. The van der Waals surface area contributed by atoms with E-state index in [1.165, 1.54) is 19.3 Å². The Balaban J connectivity index is 1.31. The predicted molar refractivity (Wildman–Crippen MR) is 106 cm³/mol. The Kier molecular flexibility index (Phi) is 5.15. The van der Waals surface area contributed by atoms with Crippen LogP contribution in [0.25, 0.3) is 0 Å². The molecule has 0 aromatic heterocycles. The maximum absolute atomic E-state index is 12.4. The average Bonchev–Trinajstić information content (AvgIpc) is 2.59. The molecule has 0 atom stereocenters. The van der Waals surface area contributed by atoms with Gasteiger partial charge in [-0.25, -0.2) is 0 Å². The number of esters is 1. The molecule has 4 aliphatic carbocycles. The first-order valence-electron chi connectivity index (χ1n) is 9.74. The fourth-order valence-electron chi connectivity index (χ4n) is 5.96. The van der Waals surface area contributed by atoms with E-state index in [1.807, 2.05) is 6.92 Å². The number of aryl methyl sites for hydroxylation is 1. The molecule has 4 fully saturated rings. The highest BCUT2D eigenvalue weighted by atomic mass is 35.5. The van der Waals surface area contributed by atoms with Crippen LogP contribution in [0, 0.1) is 30.1 Å². The number of hydrogen-bond donors (Lipinski definition) is 1. The average molecular weight is 410 g/mol. The lowest BCUT2D eigenvalue weighted by Gasteiger charge is -2.56. The predicted octanol–water partition coefficient (Wildman–Crippen LogP) is 5.39. The Morgan fingerprint density at radius 3 is 2.30 bits per heavy atom. The number of carbonyl (C=O) groups excluding carboxylic acids is 2. The first kappa shape index (κ1) is 19.1. The second-order valence-corrected chi connectivity index (χ2v) is 9.64. The molecule has 4 nitrogen and oxygen atoms in total. The Hall–Kier alpha value is -1.26. The standard InChI is InChI=1S/C21H25Cl2NO3/c1-12-2-3-16(22)20(19(12)23)24-17(25)11-27-18(26)10-21-7-13-4-14(8-21)6-15(5-13)9-21/h2-3,13-15H,4-11H2,1H3,(H,24,25). The van der Waals surface area contributed by atoms with Crippen molar-refractivity contribution < 1.29 is 14.3 Å². The maximum atomic E-state index is 12.4. The van der Waals surface area contributed by atoms with E-state index in [9.17, 15) is 9.59 Å². The molecule has 1 N–H and O–H groups in total. The Morgan fingerprint density at radius 2 is 1.70 bits per heavy atom. The van der Waals surface area contributed by atoms with Gasteiger partial charge in [0.15, 0.2) is 6.61 Å². The van der Waals surface area contributed by atoms with Crippen LogP contribution in [0.3, 0.4) is 0 Å². The molecule has 27 heavy (non-hydrogen) atoms. The highest BCUT2D eigenvalue weighted by molar-refractivity contribution is 6.40. The third-order valence-electron chi connectivity index (χ3n) is 6.60. The van der Waals surface area contributed by atoms with Crippen LogP contribution in [0.5, 0.6) is 0 Å². The fourth-order valence-corrected chi connectivity index (χ4v) is 6.42. The molecule has 1 aromatic carbocycles. The zero-order chi connectivity index (χ0) is 19.2. The quantitative estimate of drug-likeness (QED) is 0.663. The largest absolute Gasteiger partial charge is 0.456 e. The molecule has 0 heterocycles. The SMILES string of the molecule is Cc1ccc(Cl)c(NC(=O)COC(=O)CC23CC4CC(CC(C4)C2)C3)c1Cl. The van der Waals surface area contributed by atoms with Gasteiger partial charge < -0.3 is 10.1 Å². The van der Waals surface area contributed by atoms with Crippen molar-refractivity contribution in [3.8, 4) is 0 Å². The summed E-state index contributed by atoms with van der Waals surface area (Å²) in [6.45, 7) is 1.52. The normalized spacial score (nSPS) is 31.0. The van der Waals surface area contributed by atoms with E-state index in [0.717, 1.165) is 42.6 Å². The molecule has 0 saturated heterocycles. The van der Waals surface area contributed by atoms with Gasteiger partial charge in [-0.3, -0.25) is 9.59 Å². The van der Waals surface area contributed by atoms with Crippen molar-refractivity contribution >= 4 is 40.8 Å². The van der Waals surface area contributed by atoms with Crippen molar-refractivity contribution in [3.63, 3.8) is 0 Å². The smallest absolute Gasteiger partial charge is 0.306 e. The number of rotatable bonds is 5. The molecular formula is C21H25Cl2NO3.